The minimum Gasteiger partial charge on any atom is -0.316 e. The van der Waals surface area contributed by atoms with Gasteiger partial charge in [-0.1, -0.05) is 41.3 Å². The topological polar surface area (TPSA) is 12.0 Å². The second-order valence-electron chi connectivity index (χ2n) is 5.10. The number of hydrogen-bond donors (Lipinski definition) is 1. The lowest BCUT2D eigenvalue weighted by molar-refractivity contribution is 0.697. The molecule has 0 fully saturated rings. The minimum atomic E-state index is 0. The van der Waals surface area contributed by atoms with Crippen LogP contribution in [-0.2, 0) is 6.42 Å². The van der Waals surface area contributed by atoms with Crippen LogP contribution >= 0.6 is 24.0 Å². The lowest BCUT2D eigenvalue weighted by atomic mass is 9.96. The summed E-state index contributed by atoms with van der Waals surface area (Å²) in [5.74, 6) is 0. The highest BCUT2D eigenvalue weighted by molar-refractivity contribution is 6.30. The summed E-state index contributed by atoms with van der Waals surface area (Å²) in [5, 5.41) is 4.13. The van der Waals surface area contributed by atoms with Gasteiger partial charge in [0.25, 0.3) is 0 Å². The molecule has 106 valence electrons. The fourth-order valence-corrected chi connectivity index (χ4v) is 2.82. The van der Waals surface area contributed by atoms with E-state index in [0.29, 0.717) is 0 Å². The van der Waals surface area contributed by atoms with Gasteiger partial charge in [-0.2, -0.15) is 0 Å². The van der Waals surface area contributed by atoms with E-state index in [1.807, 2.05) is 19.2 Å². The third-order valence-corrected chi connectivity index (χ3v) is 3.93. The Bertz CT molecular complexity index is 409. The molecule has 0 unspecified atom stereocenters. The van der Waals surface area contributed by atoms with Gasteiger partial charge < -0.3 is 5.32 Å². The molecule has 1 nitrogen and oxygen atoms in total. The highest BCUT2D eigenvalue weighted by Crippen LogP contribution is 2.26. The Morgan fingerprint density at radius 3 is 2.26 bits per heavy atom. The van der Waals surface area contributed by atoms with Crippen molar-refractivity contribution in [1.29, 1.82) is 0 Å². The predicted molar refractivity (Wildman–Crippen MR) is 86.4 cm³/mol. The van der Waals surface area contributed by atoms with E-state index in [2.05, 4.69) is 17.4 Å². The zero-order valence-electron chi connectivity index (χ0n) is 11.5. The minimum absolute atomic E-state index is 0. The molecule has 0 saturated carbocycles. The summed E-state index contributed by atoms with van der Waals surface area (Å²) in [5.41, 5.74) is 4.65. The van der Waals surface area contributed by atoms with Crippen molar-refractivity contribution >= 4 is 24.0 Å². The van der Waals surface area contributed by atoms with Gasteiger partial charge in [0.2, 0.25) is 0 Å². The van der Waals surface area contributed by atoms with Gasteiger partial charge in [-0.3, -0.25) is 0 Å². The first-order valence-corrected chi connectivity index (χ1v) is 7.26. The predicted octanol–water partition coefficient (Wildman–Crippen LogP) is 4.78. The number of benzene rings is 1. The van der Waals surface area contributed by atoms with Gasteiger partial charge in [-0.25, -0.2) is 0 Å². The number of rotatable bonds is 4. The molecule has 0 saturated heterocycles. The molecule has 0 spiro atoms. The molecule has 0 aliphatic heterocycles. The molecule has 0 aromatic heterocycles. The van der Waals surface area contributed by atoms with E-state index >= 15 is 0 Å². The molecule has 2 rings (SSSR count). The Labute approximate surface area is 127 Å². The second-order valence-corrected chi connectivity index (χ2v) is 5.54. The van der Waals surface area contributed by atoms with Crippen LogP contribution in [0.25, 0.3) is 0 Å². The molecule has 0 atom stereocenters. The van der Waals surface area contributed by atoms with Gasteiger partial charge in [-0.15, -0.1) is 12.4 Å². The monoisotopic (exact) mass is 299 g/mol. The summed E-state index contributed by atoms with van der Waals surface area (Å²) < 4.78 is 0. The Hall–Kier alpha value is -0.500. The third kappa shape index (κ3) is 5.18. The molecule has 1 aromatic rings. The van der Waals surface area contributed by atoms with Crippen LogP contribution in [0.5, 0.6) is 0 Å². The standard InChI is InChI=1S/C16H22ClN.ClH/c1-18-12-15-6-4-2-3-5-14(15)11-13-7-9-16(17)10-8-13;/h7-10,18H,2-6,11-12H2,1H3;1H. The number of likely N-dealkylation sites (N-methyl/N-ethyl adjacent to an activating group) is 1. The Morgan fingerprint density at radius 1 is 1.00 bits per heavy atom. The zero-order chi connectivity index (χ0) is 12.8. The largest absolute Gasteiger partial charge is 0.316 e. The molecule has 0 heterocycles. The summed E-state index contributed by atoms with van der Waals surface area (Å²) in [7, 11) is 2.04. The van der Waals surface area contributed by atoms with E-state index in [0.717, 1.165) is 18.0 Å². The summed E-state index contributed by atoms with van der Waals surface area (Å²) >= 11 is 5.94. The van der Waals surface area contributed by atoms with E-state index in [-0.39, 0.29) is 12.4 Å². The van der Waals surface area contributed by atoms with E-state index in [1.54, 1.807) is 11.1 Å². The van der Waals surface area contributed by atoms with Crippen LogP contribution in [0.2, 0.25) is 5.02 Å². The van der Waals surface area contributed by atoms with Gasteiger partial charge in [-0.05, 0) is 56.8 Å². The summed E-state index contributed by atoms with van der Waals surface area (Å²) in [6.07, 6.45) is 7.69. The first kappa shape index (κ1) is 16.6. The Kier molecular flexibility index (Phi) is 7.52. The van der Waals surface area contributed by atoms with Crippen LogP contribution in [0.3, 0.4) is 0 Å². The SMILES string of the molecule is CNCC1=C(Cc2ccc(Cl)cc2)CCCCC1.Cl. The molecule has 0 radical (unpaired) electrons. The normalized spacial score (nSPS) is 15.9. The Morgan fingerprint density at radius 2 is 1.63 bits per heavy atom. The number of hydrogen-bond acceptors (Lipinski definition) is 1. The fourth-order valence-electron chi connectivity index (χ4n) is 2.70. The second kappa shape index (κ2) is 8.63. The maximum absolute atomic E-state index is 5.94. The summed E-state index contributed by atoms with van der Waals surface area (Å²) in [6.45, 7) is 1.04. The fraction of sp³-hybridized carbons (Fsp3) is 0.500. The zero-order valence-corrected chi connectivity index (χ0v) is 13.1. The molecule has 19 heavy (non-hydrogen) atoms. The maximum atomic E-state index is 5.94. The van der Waals surface area contributed by atoms with Gasteiger partial charge in [0, 0.05) is 11.6 Å². The van der Waals surface area contributed by atoms with Crippen LogP contribution in [0.1, 0.15) is 37.7 Å². The molecule has 1 aromatic carbocycles. The molecule has 1 N–H and O–H groups in total. The van der Waals surface area contributed by atoms with E-state index < -0.39 is 0 Å². The first-order valence-electron chi connectivity index (χ1n) is 6.88. The average Bonchev–Trinajstić information content (AvgIpc) is 2.59. The number of nitrogens with one attached hydrogen (secondary N) is 1. The van der Waals surface area contributed by atoms with E-state index in [9.17, 15) is 0 Å². The molecule has 1 aliphatic carbocycles. The summed E-state index contributed by atoms with van der Waals surface area (Å²) in [4.78, 5) is 0. The molecular formula is C16H23Cl2N. The average molecular weight is 300 g/mol. The van der Waals surface area contributed by atoms with Gasteiger partial charge >= 0.3 is 0 Å². The van der Waals surface area contributed by atoms with Gasteiger partial charge in [0.1, 0.15) is 0 Å². The van der Waals surface area contributed by atoms with Crippen molar-refractivity contribution in [3.05, 3.63) is 46.0 Å². The van der Waals surface area contributed by atoms with Crippen molar-refractivity contribution in [2.24, 2.45) is 0 Å². The summed E-state index contributed by atoms with van der Waals surface area (Å²) in [6, 6.07) is 8.28. The number of halogens is 2. The molecule has 0 amide bonds. The van der Waals surface area contributed by atoms with Gasteiger partial charge in [0.15, 0.2) is 0 Å². The molecule has 3 heteroatoms. The van der Waals surface area contributed by atoms with Crippen LogP contribution in [0, 0.1) is 0 Å². The quantitative estimate of drug-likeness (QED) is 0.789. The smallest absolute Gasteiger partial charge is 0.0406 e. The lowest BCUT2D eigenvalue weighted by Crippen LogP contribution is -2.12. The Balaban J connectivity index is 0.00000180. The van der Waals surface area contributed by atoms with Crippen LogP contribution < -0.4 is 5.32 Å². The maximum Gasteiger partial charge on any atom is 0.0406 e. The first-order chi connectivity index (χ1) is 8.79. The number of allylic oxidation sites excluding steroid dienone is 1. The van der Waals surface area contributed by atoms with Crippen molar-refractivity contribution in [2.45, 2.75) is 38.5 Å². The van der Waals surface area contributed by atoms with Gasteiger partial charge in [0.05, 0.1) is 0 Å². The third-order valence-electron chi connectivity index (χ3n) is 3.68. The lowest BCUT2D eigenvalue weighted by Gasteiger charge is -2.13. The van der Waals surface area contributed by atoms with E-state index in [4.69, 9.17) is 11.6 Å². The van der Waals surface area contributed by atoms with Crippen LogP contribution in [0.4, 0.5) is 0 Å². The van der Waals surface area contributed by atoms with Crippen molar-refractivity contribution in [2.75, 3.05) is 13.6 Å². The molecular weight excluding hydrogens is 277 g/mol. The highest BCUT2D eigenvalue weighted by atomic mass is 35.5. The van der Waals surface area contributed by atoms with Crippen LogP contribution in [0.15, 0.2) is 35.4 Å². The van der Waals surface area contributed by atoms with E-state index in [1.165, 1.54) is 37.7 Å². The van der Waals surface area contributed by atoms with Crippen molar-refractivity contribution < 1.29 is 0 Å². The van der Waals surface area contributed by atoms with Crippen molar-refractivity contribution in [3.8, 4) is 0 Å². The molecule has 1 aliphatic rings. The molecule has 0 bridgehead atoms. The van der Waals surface area contributed by atoms with Crippen molar-refractivity contribution in [1.82, 2.24) is 5.32 Å². The van der Waals surface area contributed by atoms with Crippen LogP contribution in [-0.4, -0.2) is 13.6 Å². The highest BCUT2D eigenvalue weighted by Gasteiger charge is 2.11. The van der Waals surface area contributed by atoms with Crippen molar-refractivity contribution in [3.63, 3.8) is 0 Å².